The van der Waals surface area contributed by atoms with Crippen LogP contribution in [0.1, 0.15) is 24.8 Å². The lowest BCUT2D eigenvalue weighted by molar-refractivity contribution is 0.372. The first-order chi connectivity index (χ1) is 10.2. The van der Waals surface area contributed by atoms with Gasteiger partial charge in [-0.25, -0.2) is 0 Å². The highest BCUT2D eigenvalue weighted by Gasteiger charge is 2.35. The van der Waals surface area contributed by atoms with Crippen LogP contribution in [0.4, 0.5) is 11.4 Å². The number of hydrogen-bond acceptors (Lipinski definition) is 2. The largest absolute Gasteiger partial charge is 0.337 e. The van der Waals surface area contributed by atoms with Gasteiger partial charge in [0.15, 0.2) is 0 Å². The molecule has 21 heavy (non-hydrogen) atoms. The molecule has 0 saturated carbocycles. The number of hydrogen-bond donors (Lipinski definition) is 0. The molecule has 2 aromatic rings. The molecule has 0 amide bonds. The van der Waals surface area contributed by atoms with E-state index in [1.165, 1.54) is 23.4 Å². The molecule has 0 N–H and O–H groups in total. The molecule has 3 rings (SSSR count). The standard InChI is InChI=1S/C19H24N2/c1-15-17-11-7-8-12-19(17)21(16-9-5-4-6-10-16)18(15)13-14-20(2)3/h4-12,15,18H,13-14H2,1-3H3/t15-,18+/m0/s1. The molecule has 0 aliphatic carbocycles. The lowest BCUT2D eigenvalue weighted by Gasteiger charge is -2.30. The summed E-state index contributed by atoms with van der Waals surface area (Å²) in [5.74, 6) is 0.571. The Morgan fingerprint density at radius 3 is 2.33 bits per heavy atom. The summed E-state index contributed by atoms with van der Waals surface area (Å²) < 4.78 is 0. The molecule has 0 radical (unpaired) electrons. The summed E-state index contributed by atoms with van der Waals surface area (Å²) in [6, 6.07) is 20.2. The molecule has 2 heteroatoms. The lowest BCUT2D eigenvalue weighted by atomic mass is 9.95. The zero-order chi connectivity index (χ0) is 14.8. The Labute approximate surface area is 128 Å². The van der Waals surface area contributed by atoms with Gasteiger partial charge in [-0.1, -0.05) is 43.3 Å². The van der Waals surface area contributed by atoms with E-state index in [-0.39, 0.29) is 0 Å². The first-order valence-electron chi connectivity index (χ1n) is 7.76. The number of benzene rings is 2. The summed E-state index contributed by atoms with van der Waals surface area (Å²) in [6.07, 6.45) is 1.18. The van der Waals surface area contributed by atoms with E-state index < -0.39 is 0 Å². The normalized spacial score (nSPS) is 20.9. The van der Waals surface area contributed by atoms with Crippen molar-refractivity contribution in [3.63, 3.8) is 0 Å². The minimum Gasteiger partial charge on any atom is -0.337 e. The SMILES string of the molecule is C[C@H]1c2ccccc2N(c2ccccc2)[C@@H]1CCN(C)C. The zero-order valence-corrected chi connectivity index (χ0v) is 13.2. The Balaban J connectivity index is 1.99. The van der Waals surface area contributed by atoms with Gasteiger partial charge < -0.3 is 9.80 Å². The third-order valence-electron chi connectivity index (χ3n) is 4.50. The van der Waals surface area contributed by atoms with Crippen LogP contribution in [0.3, 0.4) is 0 Å². The molecule has 2 aromatic carbocycles. The quantitative estimate of drug-likeness (QED) is 0.825. The summed E-state index contributed by atoms with van der Waals surface area (Å²) in [7, 11) is 4.30. The number of fused-ring (bicyclic) bond motifs is 1. The molecular weight excluding hydrogens is 256 g/mol. The van der Waals surface area contributed by atoms with Gasteiger partial charge in [0.25, 0.3) is 0 Å². The molecular formula is C19H24N2. The van der Waals surface area contributed by atoms with Gasteiger partial charge in [-0.05, 0) is 50.8 Å². The Morgan fingerprint density at radius 1 is 0.952 bits per heavy atom. The second kappa shape index (κ2) is 5.90. The number of nitrogens with zero attached hydrogens (tertiary/aromatic N) is 2. The van der Waals surface area contributed by atoms with Crippen molar-refractivity contribution in [3.05, 3.63) is 60.2 Å². The topological polar surface area (TPSA) is 6.48 Å². The lowest BCUT2D eigenvalue weighted by Crippen LogP contribution is -2.32. The van der Waals surface area contributed by atoms with Gasteiger partial charge in [0.05, 0.1) is 0 Å². The molecule has 0 bridgehead atoms. The van der Waals surface area contributed by atoms with Gasteiger partial charge in [0.2, 0.25) is 0 Å². The van der Waals surface area contributed by atoms with Crippen molar-refractivity contribution in [2.45, 2.75) is 25.3 Å². The van der Waals surface area contributed by atoms with Gasteiger partial charge in [-0.2, -0.15) is 0 Å². The highest BCUT2D eigenvalue weighted by molar-refractivity contribution is 5.72. The van der Waals surface area contributed by atoms with Crippen LogP contribution in [0.25, 0.3) is 0 Å². The van der Waals surface area contributed by atoms with Crippen LogP contribution >= 0.6 is 0 Å². The minimum absolute atomic E-state index is 0.534. The number of anilines is 2. The van der Waals surface area contributed by atoms with Crippen molar-refractivity contribution in [1.82, 2.24) is 4.90 Å². The van der Waals surface area contributed by atoms with Gasteiger partial charge in [0, 0.05) is 23.3 Å². The zero-order valence-electron chi connectivity index (χ0n) is 13.2. The Kier molecular flexibility index (Phi) is 3.98. The summed E-state index contributed by atoms with van der Waals surface area (Å²) in [5.41, 5.74) is 4.16. The molecule has 0 fully saturated rings. The number of para-hydroxylation sites is 2. The maximum absolute atomic E-state index is 2.53. The summed E-state index contributed by atoms with van der Waals surface area (Å²) >= 11 is 0. The van der Waals surface area contributed by atoms with Crippen molar-refractivity contribution >= 4 is 11.4 Å². The third-order valence-corrected chi connectivity index (χ3v) is 4.50. The Morgan fingerprint density at radius 2 is 1.62 bits per heavy atom. The third kappa shape index (κ3) is 2.68. The minimum atomic E-state index is 0.534. The van der Waals surface area contributed by atoms with Gasteiger partial charge in [-0.3, -0.25) is 0 Å². The van der Waals surface area contributed by atoms with Crippen LogP contribution in [0.15, 0.2) is 54.6 Å². The van der Waals surface area contributed by atoms with Crippen LogP contribution in [-0.2, 0) is 0 Å². The van der Waals surface area contributed by atoms with Crippen molar-refractivity contribution in [3.8, 4) is 0 Å². The second-order valence-corrected chi connectivity index (χ2v) is 6.21. The molecule has 0 aromatic heterocycles. The van der Waals surface area contributed by atoms with E-state index >= 15 is 0 Å². The van der Waals surface area contributed by atoms with E-state index in [0.717, 1.165) is 6.54 Å². The highest BCUT2D eigenvalue weighted by Crippen LogP contribution is 2.45. The fourth-order valence-electron chi connectivity index (χ4n) is 3.39. The van der Waals surface area contributed by atoms with E-state index in [0.29, 0.717) is 12.0 Å². The molecule has 0 unspecified atom stereocenters. The van der Waals surface area contributed by atoms with Gasteiger partial charge in [0.1, 0.15) is 0 Å². The fraction of sp³-hybridized carbons (Fsp3) is 0.368. The summed E-state index contributed by atoms with van der Waals surface area (Å²) in [4.78, 5) is 4.81. The first-order valence-corrected chi connectivity index (χ1v) is 7.76. The molecule has 1 aliphatic rings. The molecule has 0 spiro atoms. The fourth-order valence-corrected chi connectivity index (χ4v) is 3.39. The van der Waals surface area contributed by atoms with Crippen molar-refractivity contribution in [1.29, 1.82) is 0 Å². The average molecular weight is 280 g/mol. The van der Waals surface area contributed by atoms with E-state index in [4.69, 9.17) is 0 Å². The van der Waals surface area contributed by atoms with E-state index in [1.807, 2.05) is 0 Å². The average Bonchev–Trinajstić information content (AvgIpc) is 2.79. The molecule has 2 atom stereocenters. The van der Waals surface area contributed by atoms with Gasteiger partial charge in [-0.15, -0.1) is 0 Å². The van der Waals surface area contributed by atoms with E-state index in [1.54, 1.807) is 0 Å². The molecule has 110 valence electrons. The molecule has 1 heterocycles. The Bertz CT molecular complexity index is 592. The monoisotopic (exact) mass is 280 g/mol. The van der Waals surface area contributed by atoms with Crippen molar-refractivity contribution in [2.75, 3.05) is 25.5 Å². The molecule has 2 nitrogen and oxygen atoms in total. The highest BCUT2D eigenvalue weighted by atomic mass is 15.2. The van der Waals surface area contributed by atoms with Crippen molar-refractivity contribution in [2.24, 2.45) is 0 Å². The van der Waals surface area contributed by atoms with Crippen LogP contribution in [-0.4, -0.2) is 31.6 Å². The van der Waals surface area contributed by atoms with Crippen LogP contribution in [0, 0.1) is 0 Å². The molecule has 1 aliphatic heterocycles. The smallest absolute Gasteiger partial charge is 0.0449 e. The van der Waals surface area contributed by atoms with E-state index in [2.05, 4.69) is 85.4 Å². The van der Waals surface area contributed by atoms with Crippen LogP contribution in [0.2, 0.25) is 0 Å². The van der Waals surface area contributed by atoms with E-state index in [9.17, 15) is 0 Å². The number of rotatable bonds is 4. The predicted octanol–water partition coefficient (Wildman–Crippen LogP) is 4.26. The van der Waals surface area contributed by atoms with Crippen LogP contribution < -0.4 is 4.90 Å². The maximum atomic E-state index is 2.53. The van der Waals surface area contributed by atoms with Crippen LogP contribution in [0.5, 0.6) is 0 Å². The Hall–Kier alpha value is -1.80. The van der Waals surface area contributed by atoms with Gasteiger partial charge >= 0.3 is 0 Å². The maximum Gasteiger partial charge on any atom is 0.0449 e. The first kappa shape index (κ1) is 14.2. The molecule has 0 saturated heterocycles. The van der Waals surface area contributed by atoms with Crippen molar-refractivity contribution < 1.29 is 0 Å². The summed E-state index contributed by atoms with van der Waals surface area (Å²) in [5, 5.41) is 0. The summed E-state index contributed by atoms with van der Waals surface area (Å²) in [6.45, 7) is 3.48. The second-order valence-electron chi connectivity index (χ2n) is 6.21. The predicted molar refractivity (Wildman–Crippen MR) is 90.4 cm³/mol.